The molecule has 2 aromatic heterocycles. The predicted octanol–water partition coefficient (Wildman–Crippen LogP) is 0.185. The molecule has 5 heterocycles. The van der Waals surface area contributed by atoms with Gasteiger partial charge in [0.2, 0.25) is 0 Å². The zero-order valence-electron chi connectivity index (χ0n) is 12.8. The second-order valence-corrected chi connectivity index (χ2v) is 6.34. The average Bonchev–Trinajstić information content (AvgIpc) is 3.22. The van der Waals surface area contributed by atoms with Crippen LogP contribution in [0.4, 0.5) is 0 Å². The van der Waals surface area contributed by atoms with Gasteiger partial charge < -0.3 is 5.11 Å². The van der Waals surface area contributed by atoms with Gasteiger partial charge in [0.25, 0.3) is 11.7 Å². The molecule has 3 aliphatic heterocycles. The van der Waals surface area contributed by atoms with Crippen LogP contribution in [0.2, 0.25) is 0 Å². The van der Waals surface area contributed by atoms with Gasteiger partial charge >= 0.3 is 35.5 Å². The number of aromatic nitrogens is 4. The molecule has 0 bridgehead atoms. The van der Waals surface area contributed by atoms with Gasteiger partial charge in [-0.2, -0.15) is 4.98 Å². The molecule has 124 valence electrons. The van der Waals surface area contributed by atoms with Gasteiger partial charge in [0, 0.05) is 18.5 Å². The van der Waals surface area contributed by atoms with E-state index in [1.165, 1.54) is 4.90 Å². The molecule has 3 aliphatic rings. The first kappa shape index (κ1) is 16.6. The van der Waals surface area contributed by atoms with Crippen LogP contribution in [0.5, 0.6) is 0 Å². The van der Waals surface area contributed by atoms with Crippen molar-refractivity contribution in [3.8, 4) is 0 Å². The number of imidazole rings is 1. The molecule has 0 aromatic carbocycles. The maximum absolute atomic E-state index is 12.2. The molecule has 1 N–H and O–H groups in total. The van der Waals surface area contributed by atoms with E-state index in [1.54, 1.807) is 12.2 Å². The molecule has 25 heavy (non-hydrogen) atoms. The van der Waals surface area contributed by atoms with E-state index < -0.39 is 5.97 Å². The van der Waals surface area contributed by atoms with Crippen molar-refractivity contribution in [3.05, 3.63) is 35.1 Å². The van der Waals surface area contributed by atoms with Gasteiger partial charge in [-0.1, -0.05) is 6.08 Å². The first-order valence-electron chi connectivity index (χ1n) is 8.07. The van der Waals surface area contributed by atoms with Gasteiger partial charge in [0.15, 0.2) is 0 Å². The second kappa shape index (κ2) is 5.82. The van der Waals surface area contributed by atoms with Crippen molar-refractivity contribution in [2.75, 3.05) is 0 Å². The quantitative estimate of drug-likeness (QED) is 0.474. The monoisotopic (exact) mass is 349 g/mol. The van der Waals surface area contributed by atoms with E-state index in [0.717, 1.165) is 31.6 Å². The van der Waals surface area contributed by atoms with Crippen molar-refractivity contribution in [3.63, 3.8) is 0 Å². The van der Waals surface area contributed by atoms with E-state index in [0.29, 0.717) is 23.5 Å². The molecule has 0 saturated carbocycles. The molecule has 1 amide bonds. The van der Waals surface area contributed by atoms with E-state index in [1.807, 2.05) is 10.7 Å². The van der Waals surface area contributed by atoms with E-state index in [4.69, 9.17) is 5.11 Å². The first-order valence-corrected chi connectivity index (χ1v) is 8.07. The maximum atomic E-state index is 12.2. The molecule has 0 spiro atoms. The number of amides is 1. The van der Waals surface area contributed by atoms with Crippen LogP contribution in [0.15, 0.2) is 23.5 Å². The van der Waals surface area contributed by atoms with Crippen LogP contribution >= 0.6 is 0 Å². The van der Waals surface area contributed by atoms with Crippen molar-refractivity contribution in [1.82, 2.24) is 24.1 Å². The van der Waals surface area contributed by atoms with Crippen molar-refractivity contribution in [1.29, 1.82) is 0 Å². The second-order valence-electron chi connectivity index (χ2n) is 6.34. The minimum absolute atomic E-state index is 0. The van der Waals surface area contributed by atoms with Gasteiger partial charge in [-0.05, 0) is 25.3 Å². The number of aliphatic carboxylic acids is 1. The summed E-state index contributed by atoms with van der Waals surface area (Å²) in [6, 6.07) is -0.172. The number of hydrogen-bond acceptors (Lipinski definition) is 4. The first-order chi connectivity index (χ1) is 11.6. The van der Waals surface area contributed by atoms with Gasteiger partial charge in [-0.25, -0.2) is 14.3 Å². The van der Waals surface area contributed by atoms with Crippen LogP contribution in [-0.2, 0) is 22.6 Å². The summed E-state index contributed by atoms with van der Waals surface area (Å²) in [5, 5.41) is 9.10. The molecule has 2 aromatic rings. The van der Waals surface area contributed by atoms with Gasteiger partial charge in [0.1, 0.15) is 11.5 Å². The van der Waals surface area contributed by atoms with Crippen LogP contribution < -0.4 is 0 Å². The summed E-state index contributed by atoms with van der Waals surface area (Å²) < 4.78 is 4.07. The molecule has 0 radical (unpaired) electrons. The number of nitrogens with zero attached hydrogens (tertiary/aromatic N) is 5. The van der Waals surface area contributed by atoms with Crippen LogP contribution in [0.1, 0.15) is 30.8 Å². The van der Waals surface area contributed by atoms with Crippen LogP contribution in [0.3, 0.4) is 0 Å². The third-order valence-corrected chi connectivity index (χ3v) is 4.95. The predicted molar refractivity (Wildman–Crippen MR) is 90.0 cm³/mol. The fraction of sp³-hybridized carbons (Fsp3) is 0.375. The molecule has 1 fully saturated rings. The van der Waals surface area contributed by atoms with E-state index in [-0.39, 0.29) is 47.2 Å². The summed E-state index contributed by atoms with van der Waals surface area (Å²) in [6.07, 6.45) is 9.05. The molecule has 8 nitrogen and oxygen atoms in total. The van der Waals surface area contributed by atoms with Gasteiger partial charge in [0.05, 0.1) is 17.9 Å². The molecular formula is C16H16N5NaO3. The van der Waals surface area contributed by atoms with Gasteiger partial charge in [-0.15, -0.1) is 0 Å². The number of hydrogen-bond donors (Lipinski definition) is 1. The normalized spacial score (nSPS) is 23.1. The molecular weight excluding hydrogens is 333 g/mol. The van der Waals surface area contributed by atoms with Crippen LogP contribution in [0.25, 0.3) is 11.9 Å². The summed E-state index contributed by atoms with van der Waals surface area (Å²) in [6.45, 7) is 0.930. The summed E-state index contributed by atoms with van der Waals surface area (Å²) in [5.74, 6) is 0.400. The summed E-state index contributed by atoms with van der Waals surface area (Å²) >= 11 is 0. The van der Waals surface area contributed by atoms with E-state index in [2.05, 4.69) is 14.6 Å². The third-order valence-electron chi connectivity index (χ3n) is 4.95. The Morgan fingerprint density at radius 3 is 2.96 bits per heavy atom. The topological polar surface area (TPSA) is 92.7 Å². The van der Waals surface area contributed by atoms with Crippen molar-refractivity contribution in [2.24, 2.45) is 0 Å². The zero-order valence-corrected chi connectivity index (χ0v) is 12.8. The fourth-order valence-electron chi connectivity index (χ4n) is 3.80. The molecule has 1 saturated heterocycles. The average molecular weight is 349 g/mol. The standard InChI is InChI=1S/C16H15N5O3.Na.H/c22-14-10(11-4-5-12(15(23)24)21(11)14)7-9-8-20-16(17-9)18-13-3-1-2-6-19(13)20;;/h5,7-8,11H,1-4,6H2,(H,23,24);;. The van der Waals surface area contributed by atoms with Crippen LogP contribution in [0, 0.1) is 0 Å². The van der Waals surface area contributed by atoms with Crippen molar-refractivity contribution in [2.45, 2.75) is 38.3 Å². The molecule has 1 unspecified atom stereocenters. The Bertz CT molecular complexity index is 970. The van der Waals surface area contributed by atoms with Crippen LogP contribution in [-0.4, -0.2) is 76.6 Å². The fourth-order valence-corrected chi connectivity index (χ4v) is 3.80. The molecule has 5 rings (SSSR count). The number of fused-ring (bicyclic) bond motifs is 4. The molecule has 0 aliphatic carbocycles. The van der Waals surface area contributed by atoms with E-state index >= 15 is 0 Å². The van der Waals surface area contributed by atoms with Gasteiger partial charge in [-0.3, -0.25) is 14.4 Å². The Labute approximate surface area is 165 Å². The Balaban J connectivity index is 0.00000157. The van der Waals surface area contributed by atoms with E-state index in [9.17, 15) is 9.59 Å². The summed E-state index contributed by atoms with van der Waals surface area (Å²) in [5.41, 5.74) is 1.38. The van der Waals surface area contributed by atoms with Crippen molar-refractivity contribution < 1.29 is 14.7 Å². The number of carboxylic acid groups (broad SMARTS) is 1. The Hall–Kier alpha value is -1.90. The minimum atomic E-state index is -1.06. The Morgan fingerprint density at radius 1 is 1.32 bits per heavy atom. The summed E-state index contributed by atoms with van der Waals surface area (Å²) in [4.78, 5) is 33.7. The Morgan fingerprint density at radius 2 is 2.16 bits per heavy atom. The molecule has 1 atom stereocenters. The number of aryl methyl sites for hydroxylation is 2. The number of rotatable bonds is 2. The summed E-state index contributed by atoms with van der Waals surface area (Å²) in [7, 11) is 0. The SMILES string of the molecule is O=C(O)C1=CCC2C(=Cc3cn4c(n3)nc3n4CCCC3)C(=O)N12.[NaH]. The number of carbonyl (C=O) groups excluding carboxylic acids is 1. The Kier molecular flexibility index (Phi) is 3.86. The number of β-lactam (4-membered cyclic amide) rings is 1. The van der Waals surface area contributed by atoms with Crippen molar-refractivity contribution >= 4 is 53.3 Å². The molecule has 9 heteroatoms. The number of carboxylic acids is 1. The third kappa shape index (κ3) is 2.32. The number of carbonyl (C=O) groups is 2. The zero-order chi connectivity index (χ0) is 16.4.